The molecule has 1 aliphatic rings. The van der Waals surface area contributed by atoms with Gasteiger partial charge >= 0.3 is 0 Å². The van der Waals surface area contributed by atoms with Crippen LogP contribution in [0.1, 0.15) is 24.5 Å². The number of benzene rings is 2. The monoisotopic (exact) mass is 370 g/mol. The van der Waals surface area contributed by atoms with E-state index in [0.29, 0.717) is 6.61 Å². The van der Waals surface area contributed by atoms with Gasteiger partial charge in [-0.25, -0.2) is 0 Å². The lowest BCUT2D eigenvalue weighted by molar-refractivity contribution is 0.340. The number of hydrogen-bond acceptors (Lipinski definition) is 5. The minimum atomic E-state index is 0.691. The first-order valence-electron chi connectivity index (χ1n) is 9.05. The molecule has 4 nitrogen and oxygen atoms in total. The number of amidine groups is 1. The average Bonchev–Trinajstić information content (AvgIpc) is 2.70. The van der Waals surface area contributed by atoms with Crippen LogP contribution < -0.4 is 9.47 Å². The van der Waals surface area contributed by atoms with Crippen LogP contribution in [-0.2, 0) is 13.1 Å². The van der Waals surface area contributed by atoms with Crippen molar-refractivity contribution < 1.29 is 9.47 Å². The molecule has 1 aliphatic heterocycles. The Bertz CT molecular complexity index is 714. The second-order valence-corrected chi connectivity index (χ2v) is 7.21. The van der Waals surface area contributed by atoms with E-state index in [0.717, 1.165) is 48.5 Å². The summed E-state index contributed by atoms with van der Waals surface area (Å²) in [6, 6.07) is 16.6. The van der Waals surface area contributed by atoms with Gasteiger partial charge in [0.25, 0.3) is 0 Å². The van der Waals surface area contributed by atoms with E-state index < -0.39 is 0 Å². The fraction of sp³-hybridized carbons (Fsp3) is 0.381. The van der Waals surface area contributed by atoms with Gasteiger partial charge in [0.2, 0.25) is 0 Å². The summed E-state index contributed by atoms with van der Waals surface area (Å²) >= 11 is 1.86. The highest BCUT2D eigenvalue weighted by Crippen LogP contribution is 2.22. The summed E-state index contributed by atoms with van der Waals surface area (Å²) in [5.41, 5.74) is 2.52. The summed E-state index contributed by atoms with van der Waals surface area (Å²) in [7, 11) is 1.70. The Labute approximate surface area is 160 Å². The van der Waals surface area contributed by atoms with Gasteiger partial charge in [-0.15, -0.1) is 0 Å². The van der Waals surface area contributed by atoms with Gasteiger partial charge in [0.15, 0.2) is 5.17 Å². The molecule has 0 unspecified atom stereocenters. The zero-order valence-electron chi connectivity index (χ0n) is 15.5. The van der Waals surface area contributed by atoms with Gasteiger partial charge in [-0.2, -0.15) is 0 Å². The highest BCUT2D eigenvalue weighted by atomic mass is 32.2. The summed E-state index contributed by atoms with van der Waals surface area (Å²) in [4.78, 5) is 7.12. The molecule has 3 rings (SSSR count). The van der Waals surface area contributed by atoms with Crippen molar-refractivity contribution in [2.45, 2.75) is 26.4 Å². The summed E-state index contributed by atoms with van der Waals surface area (Å²) < 4.78 is 10.8. The molecular weight excluding hydrogens is 344 g/mol. The normalized spacial score (nSPS) is 13.8. The molecule has 1 heterocycles. The molecule has 0 aromatic heterocycles. The molecule has 5 heteroatoms. The molecule has 0 spiro atoms. The van der Waals surface area contributed by atoms with E-state index in [9.17, 15) is 0 Å². The van der Waals surface area contributed by atoms with Gasteiger partial charge in [-0.3, -0.25) is 4.99 Å². The van der Waals surface area contributed by atoms with Gasteiger partial charge in [0, 0.05) is 25.4 Å². The zero-order valence-corrected chi connectivity index (χ0v) is 16.3. The molecular formula is C21H26N2O2S. The van der Waals surface area contributed by atoms with Crippen molar-refractivity contribution in [3.63, 3.8) is 0 Å². The van der Waals surface area contributed by atoms with Crippen LogP contribution in [0.5, 0.6) is 11.5 Å². The molecule has 0 atom stereocenters. The van der Waals surface area contributed by atoms with Crippen molar-refractivity contribution in [2.75, 3.05) is 26.0 Å². The summed E-state index contributed by atoms with van der Waals surface area (Å²) in [5.74, 6) is 2.94. The highest BCUT2D eigenvalue weighted by molar-refractivity contribution is 8.13. The molecule has 26 heavy (non-hydrogen) atoms. The smallest absolute Gasteiger partial charge is 0.159 e. The summed E-state index contributed by atoms with van der Waals surface area (Å²) in [5, 5.41) is 1.14. The second-order valence-electron chi connectivity index (χ2n) is 6.15. The maximum atomic E-state index is 5.55. The Morgan fingerprint density at radius 3 is 2.08 bits per heavy atom. The van der Waals surface area contributed by atoms with Crippen molar-refractivity contribution in [1.29, 1.82) is 0 Å². The van der Waals surface area contributed by atoms with Crippen LogP contribution in [0.4, 0.5) is 0 Å². The van der Waals surface area contributed by atoms with Crippen LogP contribution in [0.15, 0.2) is 53.5 Å². The third-order valence-corrected chi connectivity index (χ3v) is 5.33. The van der Waals surface area contributed by atoms with E-state index >= 15 is 0 Å². The van der Waals surface area contributed by atoms with Crippen molar-refractivity contribution in [2.24, 2.45) is 4.99 Å². The van der Waals surface area contributed by atoms with E-state index in [1.165, 1.54) is 11.1 Å². The van der Waals surface area contributed by atoms with E-state index in [1.807, 2.05) is 43.0 Å². The fourth-order valence-corrected chi connectivity index (χ4v) is 3.81. The topological polar surface area (TPSA) is 34.1 Å². The van der Waals surface area contributed by atoms with Gasteiger partial charge in [0.05, 0.1) is 13.7 Å². The van der Waals surface area contributed by atoms with Crippen molar-refractivity contribution in [1.82, 2.24) is 4.90 Å². The number of rotatable bonds is 7. The van der Waals surface area contributed by atoms with Crippen molar-refractivity contribution in [3.05, 3.63) is 59.7 Å². The molecule has 2 aromatic rings. The Balaban J connectivity index is 1.75. The predicted molar refractivity (Wildman–Crippen MR) is 109 cm³/mol. The SMILES string of the molecule is CCOc1ccc(CN(Cc2ccc(OC)cc2)C2=NCCCS2)cc1. The van der Waals surface area contributed by atoms with E-state index in [2.05, 4.69) is 29.2 Å². The maximum absolute atomic E-state index is 5.55. The van der Waals surface area contributed by atoms with Gasteiger partial charge in [-0.1, -0.05) is 36.0 Å². The number of methoxy groups -OCH3 is 1. The van der Waals surface area contributed by atoms with Gasteiger partial charge < -0.3 is 14.4 Å². The maximum Gasteiger partial charge on any atom is 0.159 e. The number of hydrogen-bond donors (Lipinski definition) is 0. The molecule has 2 aromatic carbocycles. The molecule has 0 saturated carbocycles. The third-order valence-electron chi connectivity index (χ3n) is 4.19. The standard InChI is InChI=1S/C21H26N2O2S/c1-3-25-20-11-7-18(8-12-20)16-23(21-22-13-4-14-26-21)15-17-5-9-19(24-2)10-6-17/h5-12H,3-4,13-16H2,1-2H3. The molecule has 0 radical (unpaired) electrons. The average molecular weight is 371 g/mol. The molecule has 0 saturated heterocycles. The minimum Gasteiger partial charge on any atom is -0.497 e. The van der Waals surface area contributed by atoms with Crippen LogP contribution >= 0.6 is 11.8 Å². The lowest BCUT2D eigenvalue weighted by Gasteiger charge is -2.28. The largest absolute Gasteiger partial charge is 0.497 e. The number of thioether (sulfide) groups is 1. The first-order valence-corrected chi connectivity index (χ1v) is 10.0. The quantitative estimate of drug-likeness (QED) is 0.714. The minimum absolute atomic E-state index is 0.691. The van der Waals surface area contributed by atoms with Gasteiger partial charge in [0.1, 0.15) is 11.5 Å². The Morgan fingerprint density at radius 1 is 0.962 bits per heavy atom. The van der Waals surface area contributed by atoms with Crippen molar-refractivity contribution in [3.8, 4) is 11.5 Å². The van der Waals surface area contributed by atoms with Crippen LogP contribution in [0, 0.1) is 0 Å². The fourth-order valence-electron chi connectivity index (χ4n) is 2.86. The summed E-state index contributed by atoms with van der Waals surface area (Å²) in [6.45, 7) is 5.29. The Kier molecular flexibility index (Phi) is 6.83. The number of nitrogens with zero attached hydrogens (tertiary/aromatic N) is 2. The van der Waals surface area contributed by atoms with E-state index in [-0.39, 0.29) is 0 Å². The lowest BCUT2D eigenvalue weighted by atomic mass is 10.1. The van der Waals surface area contributed by atoms with E-state index in [1.54, 1.807) is 7.11 Å². The first kappa shape index (κ1) is 18.6. The van der Waals surface area contributed by atoms with Crippen LogP contribution in [0.3, 0.4) is 0 Å². The molecule has 0 amide bonds. The molecule has 0 fully saturated rings. The predicted octanol–water partition coefficient (Wildman–Crippen LogP) is 4.59. The second kappa shape index (κ2) is 9.53. The van der Waals surface area contributed by atoms with Crippen LogP contribution in [-0.4, -0.2) is 36.1 Å². The van der Waals surface area contributed by atoms with Crippen LogP contribution in [0.25, 0.3) is 0 Å². The Morgan fingerprint density at radius 2 is 1.58 bits per heavy atom. The molecule has 0 N–H and O–H groups in total. The van der Waals surface area contributed by atoms with Crippen LogP contribution in [0.2, 0.25) is 0 Å². The number of ether oxygens (including phenoxy) is 2. The summed E-state index contributed by atoms with van der Waals surface area (Å²) in [6.07, 6.45) is 1.16. The molecule has 0 aliphatic carbocycles. The number of aliphatic imine (C=N–C) groups is 1. The molecule has 0 bridgehead atoms. The first-order chi connectivity index (χ1) is 12.8. The van der Waals surface area contributed by atoms with Gasteiger partial charge in [-0.05, 0) is 48.7 Å². The highest BCUT2D eigenvalue weighted by Gasteiger charge is 2.16. The molecule has 138 valence electrons. The Hall–Kier alpha value is -2.14. The third kappa shape index (κ3) is 5.18. The lowest BCUT2D eigenvalue weighted by Crippen LogP contribution is -2.30. The zero-order chi connectivity index (χ0) is 18.2. The van der Waals surface area contributed by atoms with Crippen molar-refractivity contribution >= 4 is 16.9 Å². The van der Waals surface area contributed by atoms with E-state index in [4.69, 9.17) is 14.5 Å².